The number of nitrogens with zero attached hydrogens (tertiary/aromatic N) is 5. The molecule has 9 rings (SSSR count). The Hall–Kier alpha value is -8.18. The molecule has 5 aliphatic rings. The first-order valence-corrected chi connectivity index (χ1v) is 20.6. The quantitative estimate of drug-likeness (QED) is 0.143. The van der Waals surface area contributed by atoms with E-state index in [1.165, 1.54) is 0 Å². The minimum absolute atomic E-state index is 0.100. The summed E-state index contributed by atoms with van der Waals surface area (Å²) in [6.07, 6.45) is 19.3. The normalized spacial score (nSPS) is 16.3. The predicted octanol–water partition coefficient (Wildman–Crippen LogP) is 9.87. The summed E-state index contributed by atoms with van der Waals surface area (Å²) in [6.45, 7) is 5.70. The molecule has 3 N–H and O–H groups in total. The second-order valence-corrected chi connectivity index (χ2v) is 15.1. The first-order chi connectivity index (χ1) is 30.6. The van der Waals surface area contributed by atoms with Gasteiger partial charge in [-0.3, -0.25) is 4.98 Å². The Morgan fingerprint density at radius 2 is 0.714 bits per heavy atom. The number of hydrogen-bond donors (Lipinski definition) is 3. The van der Waals surface area contributed by atoms with E-state index in [9.17, 15) is 29.7 Å². The van der Waals surface area contributed by atoms with Gasteiger partial charge in [-0.2, -0.15) is 0 Å². The van der Waals surface area contributed by atoms with Gasteiger partial charge in [0.15, 0.2) is 0 Å². The maximum Gasteiger partial charge on any atom is 0.336 e. The second-order valence-electron chi connectivity index (χ2n) is 15.1. The van der Waals surface area contributed by atoms with Crippen molar-refractivity contribution in [2.45, 2.75) is 40.0 Å². The lowest BCUT2D eigenvalue weighted by molar-refractivity contribution is 0.0684. The van der Waals surface area contributed by atoms with Gasteiger partial charge in [-0.15, -0.1) is 0 Å². The molecule has 63 heavy (non-hydrogen) atoms. The van der Waals surface area contributed by atoms with Crippen LogP contribution in [0, 0.1) is 0 Å². The molecule has 0 spiro atoms. The number of pyridine rings is 1. The van der Waals surface area contributed by atoms with E-state index in [4.69, 9.17) is 20.0 Å². The van der Waals surface area contributed by atoms with Crippen LogP contribution in [0.2, 0.25) is 0 Å². The van der Waals surface area contributed by atoms with E-state index < -0.39 is 17.9 Å². The Morgan fingerprint density at radius 1 is 0.413 bits per heavy atom. The molecule has 0 aliphatic carbocycles. The maximum absolute atomic E-state index is 13.2. The van der Waals surface area contributed by atoms with Crippen LogP contribution in [0.1, 0.15) is 90.8 Å². The van der Waals surface area contributed by atoms with Crippen molar-refractivity contribution < 1.29 is 29.7 Å². The standard InChI is InChI=1S/C52H39N5O6/c1-4-28-10-7-13-32(43(28)50(58)59)47-37-18-16-35(54-37)46(31-24-26-53-27-25-31)36-17-19-38(55-36)48(33-14-8-11-29(5-2)44(33)51(60)61)40-21-23-42(57-40)49(41-22-20-39(47)56-41)34-15-9-12-30(6-3)45(34)52(62)63/h7-27H,4-6H2,1-3H3,(H,58,59)(H,60,61)(H,62,63). The molecule has 0 saturated carbocycles. The highest BCUT2D eigenvalue weighted by Gasteiger charge is 2.32. The number of carboxylic acid groups (broad SMARTS) is 3. The molecule has 11 heteroatoms. The molecule has 5 aliphatic heterocycles. The molecule has 0 radical (unpaired) electrons. The summed E-state index contributed by atoms with van der Waals surface area (Å²) >= 11 is 0. The molecule has 6 heterocycles. The van der Waals surface area contributed by atoms with Gasteiger partial charge in [0.05, 0.1) is 62.3 Å². The van der Waals surface area contributed by atoms with Crippen molar-refractivity contribution in [1.82, 2.24) is 4.98 Å². The highest BCUT2D eigenvalue weighted by Crippen LogP contribution is 2.41. The Bertz CT molecular complexity index is 3060. The number of allylic oxidation sites excluding steroid dienone is 12. The number of aromatic nitrogens is 1. The van der Waals surface area contributed by atoms with E-state index in [0.717, 1.165) is 5.56 Å². The molecule has 8 bridgehead atoms. The summed E-state index contributed by atoms with van der Waals surface area (Å²) < 4.78 is 0. The summed E-state index contributed by atoms with van der Waals surface area (Å²) in [7, 11) is 0. The largest absolute Gasteiger partial charge is 0.478 e. The van der Waals surface area contributed by atoms with Crippen molar-refractivity contribution in [3.63, 3.8) is 0 Å². The van der Waals surface area contributed by atoms with Gasteiger partial charge in [0.25, 0.3) is 0 Å². The van der Waals surface area contributed by atoms with Gasteiger partial charge in [-0.25, -0.2) is 34.4 Å². The van der Waals surface area contributed by atoms with Crippen molar-refractivity contribution in [3.8, 4) is 0 Å². The van der Waals surface area contributed by atoms with Gasteiger partial charge in [-0.1, -0.05) is 75.4 Å². The fourth-order valence-corrected chi connectivity index (χ4v) is 8.80. The summed E-state index contributed by atoms with van der Waals surface area (Å²) in [6, 6.07) is 19.8. The maximum atomic E-state index is 13.2. The number of fused-ring (bicyclic) bond motifs is 4. The molecule has 0 unspecified atom stereocenters. The van der Waals surface area contributed by atoms with E-state index >= 15 is 0 Å². The third kappa shape index (κ3) is 6.99. The second kappa shape index (κ2) is 16.4. The number of rotatable bonds is 10. The van der Waals surface area contributed by atoms with Crippen LogP contribution in [-0.2, 0) is 19.3 Å². The lowest BCUT2D eigenvalue weighted by Crippen LogP contribution is -2.12. The number of benzene rings is 3. The molecule has 0 amide bonds. The molecule has 3 aromatic carbocycles. The van der Waals surface area contributed by atoms with Gasteiger partial charge < -0.3 is 15.3 Å². The third-order valence-corrected chi connectivity index (χ3v) is 11.6. The molecule has 0 saturated heterocycles. The summed E-state index contributed by atoms with van der Waals surface area (Å²) in [5.74, 6) is -3.30. The Labute approximate surface area is 362 Å². The molecular formula is C52H39N5O6. The predicted molar refractivity (Wildman–Crippen MR) is 247 cm³/mol. The van der Waals surface area contributed by atoms with E-state index in [1.54, 1.807) is 73.1 Å². The fourth-order valence-electron chi connectivity index (χ4n) is 8.80. The van der Waals surface area contributed by atoms with Crippen LogP contribution in [0.15, 0.2) is 170 Å². The number of aromatic carboxylic acids is 3. The lowest BCUT2D eigenvalue weighted by atomic mass is 9.90. The SMILES string of the molecule is CCc1cccc(C2=C3C=CC(=N3)C(c3ccncc3)=C3C=CC(=N3)C(c3cccc(CC)c3C(=O)O)=C3C=CC(=N3)C(c3cccc(CC)c3C(=O)O)=C3C=CC2=N3)c1C(=O)O. The zero-order valence-corrected chi connectivity index (χ0v) is 34.5. The fraction of sp³-hybridized carbons (Fsp3) is 0.115. The van der Waals surface area contributed by atoms with Gasteiger partial charge in [0.2, 0.25) is 0 Å². The molecule has 308 valence electrons. The minimum atomic E-state index is -1.12. The van der Waals surface area contributed by atoms with Crippen LogP contribution >= 0.6 is 0 Å². The van der Waals surface area contributed by atoms with Crippen molar-refractivity contribution in [1.29, 1.82) is 0 Å². The average Bonchev–Trinajstić information content (AvgIpc) is 4.14. The molecule has 0 atom stereocenters. The zero-order chi connectivity index (χ0) is 43.9. The van der Waals surface area contributed by atoms with Gasteiger partial charge in [-0.05, 0) is 102 Å². The number of carbonyl (C=O) groups is 3. The highest BCUT2D eigenvalue weighted by molar-refractivity contribution is 6.40. The highest BCUT2D eigenvalue weighted by atomic mass is 16.4. The van der Waals surface area contributed by atoms with E-state index in [1.807, 2.05) is 75.4 Å². The van der Waals surface area contributed by atoms with Crippen LogP contribution in [0.3, 0.4) is 0 Å². The number of aliphatic imine (C=N–C) groups is 4. The van der Waals surface area contributed by atoms with Crippen molar-refractivity contribution in [2.75, 3.05) is 0 Å². The van der Waals surface area contributed by atoms with Crippen molar-refractivity contribution in [3.05, 3.63) is 206 Å². The van der Waals surface area contributed by atoms with Gasteiger partial charge in [0.1, 0.15) is 0 Å². The molecule has 0 fully saturated rings. The number of carboxylic acids is 3. The Kier molecular flexibility index (Phi) is 10.4. The smallest absolute Gasteiger partial charge is 0.336 e. The van der Waals surface area contributed by atoms with Crippen LogP contribution < -0.4 is 0 Å². The van der Waals surface area contributed by atoms with E-state index in [2.05, 4.69) is 4.98 Å². The first-order valence-electron chi connectivity index (χ1n) is 20.6. The topological polar surface area (TPSA) is 174 Å². The van der Waals surface area contributed by atoms with Gasteiger partial charge in [0, 0.05) is 51.4 Å². The van der Waals surface area contributed by atoms with E-state index in [0.29, 0.717) is 121 Å². The van der Waals surface area contributed by atoms with Crippen LogP contribution in [-0.4, -0.2) is 61.1 Å². The first kappa shape index (κ1) is 40.2. The van der Waals surface area contributed by atoms with Crippen LogP contribution in [0.5, 0.6) is 0 Å². The number of aryl methyl sites for hydroxylation is 3. The van der Waals surface area contributed by atoms with Gasteiger partial charge >= 0.3 is 17.9 Å². The zero-order valence-electron chi connectivity index (χ0n) is 34.5. The number of hydrogen-bond acceptors (Lipinski definition) is 8. The Balaban J connectivity index is 1.44. The molecular weight excluding hydrogens is 791 g/mol. The average molecular weight is 830 g/mol. The minimum Gasteiger partial charge on any atom is -0.478 e. The van der Waals surface area contributed by atoms with Crippen LogP contribution in [0.4, 0.5) is 0 Å². The van der Waals surface area contributed by atoms with Crippen molar-refractivity contribution >= 4 is 63.0 Å². The summed E-state index contributed by atoms with van der Waals surface area (Å²) in [5.41, 5.74) is 9.93. The molecule has 1 aromatic heterocycles. The molecule has 11 nitrogen and oxygen atoms in total. The van der Waals surface area contributed by atoms with Crippen LogP contribution in [0.25, 0.3) is 22.3 Å². The monoisotopic (exact) mass is 829 g/mol. The summed E-state index contributed by atoms with van der Waals surface area (Å²) in [5, 5.41) is 32.2. The molecule has 4 aromatic rings. The third-order valence-electron chi connectivity index (χ3n) is 11.6. The Morgan fingerprint density at radius 3 is 1.02 bits per heavy atom. The van der Waals surface area contributed by atoms with Crippen molar-refractivity contribution in [2.24, 2.45) is 20.0 Å². The summed E-state index contributed by atoms with van der Waals surface area (Å²) in [4.78, 5) is 64.5. The lowest BCUT2D eigenvalue weighted by Gasteiger charge is -2.17. The van der Waals surface area contributed by atoms with E-state index in [-0.39, 0.29) is 16.7 Å².